The van der Waals surface area contributed by atoms with Gasteiger partial charge in [-0.15, -0.1) is 10.2 Å². The maximum absolute atomic E-state index is 12.7. The van der Waals surface area contributed by atoms with Crippen LogP contribution in [0.25, 0.3) is 16.7 Å². The minimum atomic E-state index is 0.0134. The van der Waals surface area contributed by atoms with E-state index in [1.807, 2.05) is 43.0 Å². The maximum atomic E-state index is 12.7. The van der Waals surface area contributed by atoms with E-state index in [9.17, 15) is 4.79 Å². The van der Waals surface area contributed by atoms with Gasteiger partial charge in [0.25, 0.3) is 5.56 Å². The number of rotatable bonds is 4. The molecule has 5 nitrogen and oxygen atoms in total. The summed E-state index contributed by atoms with van der Waals surface area (Å²) in [6.07, 6.45) is 6.68. The van der Waals surface area contributed by atoms with E-state index in [0.717, 1.165) is 27.7 Å². The lowest BCUT2D eigenvalue weighted by Gasteiger charge is -2.20. The zero-order chi connectivity index (χ0) is 16.5. The van der Waals surface area contributed by atoms with Crippen LogP contribution < -0.4 is 5.56 Å². The number of benzene rings is 1. The Morgan fingerprint density at radius 3 is 2.75 bits per heavy atom. The van der Waals surface area contributed by atoms with Crippen molar-refractivity contribution < 1.29 is 0 Å². The standard InChI is InChI=1S/C18H22N4OS/c1-2-21-17(23)14-10-6-7-11-15(14)22-16(19-20-18(21)22)12-24-13-8-4-3-5-9-13/h6-7,10-11,13H,2-5,8-9,12H2,1H3. The van der Waals surface area contributed by atoms with Gasteiger partial charge < -0.3 is 0 Å². The van der Waals surface area contributed by atoms with Crippen molar-refractivity contribution in [1.82, 2.24) is 19.2 Å². The smallest absolute Gasteiger partial charge is 0.262 e. The minimum Gasteiger partial charge on any atom is -0.277 e. The van der Waals surface area contributed by atoms with E-state index in [0.29, 0.717) is 12.3 Å². The molecule has 1 saturated carbocycles. The fraction of sp³-hybridized carbons (Fsp3) is 0.500. The van der Waals surface area contributed by atoms with E-state index in [4.69, 9.17) is 0 Å². The van der Waals surface area contributed by atoms with Crippen LogP contribution >= 0.6 is 11.8 Å². The van der Waals surface area contributed by atoms with Crippen molar-refractivity contribution in [3.05, 3.63) is 40.4 Å². The van der Waals surface area contributed by atoms with Gasteiger partial charge in [-0.1, -0.05) is 31.4 Å². The van der Waals surface area contributed by atoms with Gasteiger partial charge >= 0.3 is 0 Å². The molecule has 2 aromatic heterocycles. The Kier molecular flexibility index (Phi) is 4.31. The molecule has 0 amide bonds. The number of aromatic nitrogens is 4. The molecule has 0 aliphatic heterocycles. The fourth-order valence-corrected chi connectivity index (χ4v) is 4.86. The predicted molar refractivity (Wildman–Crippen MR) is 98.6 cm³/mol. The quantitative estimate of drug-likeness (QED) is 0.726. The molecule has 1 aromatic carbocycles. The Morgan fingerprint density at radius 1 is 1.17 bits per heavy atom. The second kappa shape index (κ2) is 6.59. The topological polar surface area (TPSA) is 52.2 Å². The van der Waals surface area contributed by atoms with Crippen LogP contribution in [0.2, 0.25) is 0 Å². The highest BCUT2D eigenvalue weighted by Gasteiger charge is 2.18. The molecule has 1 aliphatic carbocycles. The Bertz CT molecular complexity index is 924. The summed E-state index contributed by atoms with van der Waals surface area (Å²) in [5.74, 6) is 2.44. The highest BCUT2D eigenvalue weighted by Crippen LogP contribution is 2.30. The molecule has 0 spiro atoms. The number of aryl methyl sites for hydroxylation is 1. The van der Waals surface area contributed by atoms with Crippen molar-refractivity contribution in [3.8, 4) is 0 Å². The monoisotopic (exact) mass is 342 g/mol. The molecule has 0 saturated heterocycles. The number of hydrogen-bond donors (Lipinski definition) is 0. The van der Waals surface area contributed by atoms with Crippen LogP contribution in [0, 0.1) is 0 Å². The predicted octanol–water partition coefficient (Wildman–Crippen LogP) is 3.63. The molecular formula is C18H22N4OS. The SMILES string of the molecule is CCn1c(=O)c2ccccc2n2c(CSC3CCCCC3)nnc12. The summed E-state index contributed by atoms with van der Waals surface area (Å²) < 4.78 is 3.78. The van der Waals surface area contributed by atoms with Crippen LogP contribution in [-0.4, -0.2) is 24.4 Å². The Labute approximate surface area is 145 Å². The molecule has 0 radical (unpaired) electrons. The van der Waals surface area contributed by atoms with Gasteiger partial charge in [0, 0.05) is 11.8 Å². The summed E-state index contributed by atoms with van der Waals surface area (Å²) >= 11 is 1.99. The van der Waals surface area contributed by atoms with Gasteiger partial charge in [-0.3, -0.25) is 13.8 Å². The molecular weight excluding hydrogens is 320 g/mol. The molecule has 0 atom stereocenters. The van der Waals surface area contributed by atoms with Crippen molar-refractivity contribution in [2.75, 3.05) is 0 Å². The van der Waals surface area contributed by atoms with E-state index in [-0.39, 0.29) is 5.56 Å². The molecule has 0 unspecified atom stereocenters. The molecule has 3 aromatic rings. The Balaban J connectivity index is 1.79. The first-order chi connectivity index (χ1) is 11.8. The van der Waals surface area contributed by atoms with E-state index in [1.54, 1.807) is 4.57 Å². The van der Waals surface area contributed by atoms with Crippen molar-refractivity contribution >= 4 is 28.4 Å². The highest BCUT2D eigenvalue weighted by atomic mass is 32.2. The maximum Gasteiger partial charge on any atom is 0.262 e. The molecule has 1 aliphatic rings. The number of fused-ring (bicyclic) bond motifs is 3. The van der Waals surface area contributed by atoms with Crippen molar-refractivity contribution in [3.63, 3.8) is 0 Å². The van der Waals surface area contributed by atoms with E-state index < -0.39 is 0 Å². The largest absolute Gasteiger partial charge is 0.277 e. The average Bonchev–Trinajstić information content (AvgIpc) is 3.05. The number of hydrogen-bond acceptors (Lipinski definition) is 4. The van der Waals surface area contributed by atoms with E-state index >= 15 is 0 Å². The van der Waals surface area contributed by atoms with Gasteiger partial charge in [-0.2, -0.15) is 11.8 Å². The van der Waals surface area contributed by atoms with Crippen molar-refractivity contribution in [1.29, 1.82) is 0 Å². The van der Waals surface area contributed by atoms with E-state index in [2.05, 4.69) is 14.6 Å². The highest BCUT2D eigenvalue weighted by molar-refractivity contribution is 7.99. The van der Waals surface area contributed by atoms with Crippen LogP contribution in [0.4, 0.5) is 0 Å². The van der Waals surface area contributed by atoms with Gasteiger partial charge in [0.05, 0.1) is 16.7 Å². The number of para-hydroxylation sites is 1. The molecule has 0 N–H and O–H groups in total. The average molecular weight is 342 g/mol. The summed E-state index contributed by atoms with van der Waals surface area (Å²) in [6, 6.07) is 7.76. The van der Waals surface area contributed by atoms with Crippen LogP contribution in [0.15, 0.2) is 29.1 Å². The second-order valence-electron chi connectivity index (χ2n) is 6.39. The van der Waals surface area contributed by atoms with Crippen molar-refractivity contribution in [2.24, 2.45) is 0 Å². The van der Waals surface area contributed by atoms with Crippen molar-refractivity contribution in [2.45, 2.75) is 56.6 Å². The summed E-state index contributed by atoms with van der Waals surface area (Å²) in [7, 11) is 0. The molecule has 6 heteroatoms. The van der Waals surface area contributed by atoms with Crippen LogP contribution in [0.3, 0.4) is 0 Å². The molecule has 0 bridgehead atoms. The van der Waals surface area contributed by atoms with Crippen LogP contribution in [-0.2, 0) is 12.3 Å². The van der Waals surface area contributed by atoms with Gasteiger partial charge in [-0.25, -0.2) is 0 Å². The third-order valence-electron chi connectivity index (χ3n) is 4.89. The first kappa shape index (κ1) is 15.7. The lowest BCUT2D eigenvalue weighted by atomic mass is 10.0. The Morgan fingerprint density at radius 2 is 1.96 bits per heavy atom. The zero-order valence-corrected chi connectivity index (χ0v) is 14.8. The minimum absolute atomic E-state index is 0.0134. The van der Waals surface area contributed by atoms with Gasteiger partial charge in [0.1, 0.15) is 5.82 Å². The molecule has 126 valence electrons. The molecule has 2 heterocycles. The first-order valence-electron chi connectivity index (χ1n) is 8.76. The molecule has 24 heavy (non-hydrogen) atoms. The summed E-state index contributed by atoms with van der Waals surface area (Å²) in [6.45, 7) is 2.57. The zero-order valence-electron chi connectivity index (χ0n) is 13.9. The normalized spacial score (nSPS) is 16.2. The number of thioether (sulfide) groups is 1. The molecule has 4 rings (SSSR count). The van der Waals surface area contributed by atoms with Crippen LogP contribution in [0.1, 0.15) is 44.9 Å². The second-order valence-corrected chi connectivity index (χ2v) is 7.68. The van der Waals surface area contributed by atoms with Gasteiger partial charge in [0.15, 0.2) is 0 Å². The molecule has 1 fully saturated rings. The first-order valence-corrected chi connectivity index (χ1v) is 9.81. The van der Waals surface area contributed by atoms with E-state index in [1.165, 1.54) is 32.1 Å². The van der Waals surface area contributed by atoms with Gasteiger partial charge in [-0.05, 0) is 31.9 Å². The lowest BCUT2D eigenvalue weighted by molar-refractivity contribution is 0.516. The van der Waals surface area contributed by atoms with Gasteiger partial charge in [0.2, 0.25) is 5.78 Å². The lowest BCUT2D eigenvalue weighted by Crippen LogP contribution is -2.22. The third-order valence-corrected chi connectivity index (χ3v) is 6.26. The summed E-state index contributed by atoms with van der Waals surface area (Å²) in [5, 5.41) is 10.2. The number of nitrogens with zero attached hydrogens (tertiary/aromatic N) is 4. The third kappa shape index (κ3) is 2.62. The Hall–Kier alpha value is -1.82. The summed E-state index contributed by atoms with van der Waals surface area (Å²) in [4.78, 5) is 12.7. The summed E-state index contributed by atoms with van der Waals surface area (Å²) in [5.41, 5.74) is 0.922. The van der Waals surface area contributed by atoms with Crippen LogP contribution in [0.5, 0.6) is 0 Å². The fourth-order valence-electron chi connectivity index (χ4n) is 3.62.